The fourth-order valence-electron chi connectivity index (χ4n) is 4.12. The summed E-state index contributed by atoms with van der Waals surface area (Å²) in [4.78, 5) is 28.3. The van der Waals surface area contributed by atoms with Gasteiger partial charge in [0.2, 0.25) is 21.8 Å². The van der Waals surface area contributed by atoms with Crippen LogP contribution in [0.2, 0.25) is 0 Å². The average molecular weight is 548 g/mol. The number of ether oxygens (including phenoxy) is 2. The molecule has 0 radical (unpaired) electrons. The molecule has 1 atom stereocenters. The zero-order valence-corrected chi connectivity index (χ0v) is 24.3. The van der Waals surface area contributed by atoms with E-state index in [0.29, 0.717) is 23.6 Å². The van der Waals surface area contributed by atoms with E-state index in [2.05, 4.69) is 5.32 Å². The van der Waals surface area contributed by atoms with Crippen LogP contribution in [0.4, 0.5) is 5.69 Å². The van der Waals surface area contributed by atoms with E-state index in [1.54, 1.807) is 36.3 Å². The molecule has 1 N–H and O–H groups in total. The van der Waals surface area contributed by atoms with Crippen molar-refractivity contribution in [2.24, 2.45) is 0 Å². The van der Waals surface area contributed by atoms with Gasteiger partial charge in [-0.1, -0.05) is 31.2 Å². The number of nitrogens with one attached hydrogen (secondary N) is 1. The first-order valence-electron chi connectivity index (χ1n) is 12.7. The Labute approximate surface area is 227 Å². The SMILES string of the molecule is CCC(C(=O)NC(C)(C)C)N(Cc1ccc(OC)cc1)C(=O)CCCN(c1ccccc1OC)S(C)(=O)=O. The standard InChI is InChI=1S/C28H41N3O6S/c1-8-23(27(33)29-28(2,3)4)30(20-21-15-17-22(36-5)18-16-21)26(32)14-11-19-31(38(7,34)35)24-12-9-10-13-25(24)37-6/h9-10,12-13,15-18,23H,8,11,14,19-20H2,1-7H3,(H,29,33). The topological polar surface area (TPSA) is 105 Å². The Morgan fingerprint density at radius 2 is 1.63 bits per heavy atom. The number of rotatable bonds is 13. The van der Waals surface area contributed by atoms with Crippen LogP contribution in [0.15, 0.2) is 48.5 Å². The molecule has 9 nitrogen and oxygen atoms in total. The molecule has 2 aromatic rings. The molecule has 0 aliphatic heterocycles. The number of carbonyl (C=O) groups excluding carboxylic acids is 2. The highest BCUT2D eigenvalue weighted by Crippen LogP contribution is 2.30. The smallest absolute Gasteiger partial charge is 0.243 e. The number of hydrogen-bond donors (Lipinski definition) is 1. The van der Waals surface area contributed by atoms with Crippen LogP contribution in [-0.2, 0) is 26.2 Å². The number of benzene rings is 2. The van der Waals surface area contributed by atoms with Crippen LogP contribution >= 0.6 is 0 Å². The van der Waals surface area contributed by atoms with E-state index in [9.17, 15) is 18.0 Å². The summed E-state index contributed by atoms with van der Waals surface area (Å²) in [5.41, 5.74) is 0.813. The molecule has 0 spiro atoms. The molecule has 0 bridgehead atoms. The molecule has 2 aromatic carbocycles. The number of anilines is 1. The normalized spacial score (nSPS) is 12.4. The van der Waals surface area contributed by atoms with Crippen LogP contribution in [0.25, 0.3) is 0 Å². The van der Waals surface area contributed by atoms with Gasteiger partial charge in [0.25, 0.3) is 0 Å². The van der Waals surface area contributed by atoms with Gasteiger partial charge in [-0.15, -0.1) is 0 Å². The van der Waals surface area contributed by atoms with Crippen LogP contribution in [0.5, 0.6) is 11.5 Å². The van der Waals surface area contributed by atoms with Gasteiger partial charge in [0, 0.05) is 25.0 Å². The predicted octanol–water partition coefficient (Wildman–Crippen LogP) is 3.97. The molecular formula is C28H41N3O6S. The average Bonchev–Trinajstić information content (AvgIpc) is 2.85. The highest BCUT2D eigenvalue weighted by Gasteiger charge is 2.31. The lowest BCUT2D eigenvalue weighted by molar-refractivity contribution is -0.142. The van der Waals surface area contributed by atoms with Gasteiger partial charge in [0.05, 0.1) is 26.2 Å². The maximum absolute atomic E-state index is 13.6. The Kier molecular flexibility index (Phi) is 11.0. The maximum Gasteiger partial charge on any atom is 0.243 e. The van der Waals surface area contributed by atoms with Gasteiger partial charge in [-0.2, -0.15) is 0 Å². The minimum atomic E-state index is -3.63. The zero-order chi connectivity index (χ0) is 28.5. The van der Waals surface area contributed by atoms with E-state index in [1.165, 1.54) is 11.4 Å². The van der Waals surface area contributed by atoms with Crippen molar-refractivity contribution in [2.45, 2.75) is 65.1 Å². The van der Waals surface area contributed by atoms with Crippen molar-refractivity contribution in [2.75, 3.05) is 31.3 Å². The lowest BCUT2D eigenvalue weighted by Gasteiger charge is -2.33. The van der Waals surface area contributed by atoms with Crippen molar-refractivity contribution in [1.82, 2.24) is 10.2 Å². The van der Waals surface area contributed by atoms with Crippen molar-refractivity contribution < 1.29 is 27.5 Å². The second-order valence-electron chi connectivity index (χ2n) is 10.1. The molecule has 0 heterocycles. The summed E-state index contributed by atoms with van der Waals surface area (Å²) in [5.74, 6) is 0.662. The van der Waals surface area contributed by atoms with Gasteiger partial charge in [0.15, 0.2) is 0 Å². The van der Waals surface area contributed by atoms with Gasteiger partial charge in [-0.3, -0.25) is 13.9 Å². The summed E-state index contributed by atoms with van der Waals surface area (Å²) < 4.78 is 37.0. The molecule has 0 saturated carbocycles. The maximum atomic E-state index is 13.6. The number of nitrogens with zero attached hydrogens (tertiary/aromatic N) is 2. The van der Waals surface area contributed by atoms with Crippen molar-refractivity contribution in [3.05, 3.63) is 54.1 Å². The molecule has 2 rings (SSSR count). The van der Waals surface area contributed by atoms with E-state index in [1.807, 2.05) is 52.0 Å². The molecule has 0 aliphatic rings. The van der Waals surface area contributed by atoms with Crippen molar-refractivity contribution in [1.29, 1.82) is 0 Å². The van der Waals surface area contributed by atoms with Crippen LogP contribution in [0, 0.1) is 0 Å². The third kappa shape index (κ3) is 8.93. The molecule has 38 heavy (non-hydrogen) atoms. The third-order valence-corrected chi connectivity index (χ3v) is 7.08. The van der Waals surface area contributed by atoms with Crippen LogP contribution in [0.3, 0.4) is 0 Å². The van der Waals surface area contributed by atoms with Crippen molar-refractivity contribution >= 4 is 27.5 Å². The first kappa shape index (κ1) is 31.0. The molecule has 0 saturated heterocycles. The Bertz CT molecular complexity index is 1180. The summed E-state index contributed by atoms with van der Waals surface area (Å²) in [6.45, 7) is 7.88. The second-order valence-corrected chi connectivity index (χ2v) is 12.1. The molecule has 1 unspecified atom stereocenters. The van der Waals surface area contributed by atoms with E-state index >= 15 is 0 Å². The Morgan fingerprint density at radius 1 is 1.00 bits per heavy atom. The van der Waals surface area contributed by atoms with Gasteiger partial charge in [0.1, 0.15) is 17.5 Å². The van der Waals surface area contributed by atoms with Crippen LogP contribution in [-0.4, -0.2) is 63.7 Å². The highest BCUT2D eigenvalue weighted by molar-refractivity contribution is 7.92. The number of sulfonamides is 1. The lowest BCUT2D eigenvalue weighted by Crippen LogP contribution is -2.53. The molecular weight excluding hydrogens is 506 g/mol. The van der Waals surface area contributed by atoms with Gasteiger partial charge in [-0.25, -0.2) is 8.42 Å². The molecule has 0 aromatic heterocycles. The van der Waals surface area contributed by atoms with Crippen LogP contribution < -0.4 is 19.1 Å². The van der Waals surface area contributed by atoms with E-state index in [0.717, 1.165) is 11.8 Å². The summed E-state index contributed by atoms with van der Waals surface area (Å²) >= 11 is 0. The Morgan fingerprint density at radius 3 is 2.16 bits per heavy atom. The third-order valence-electron chi connectivity index (χ3n) is 5.90. The van der Waals surface area contributed by atoms with Gasteiger partial charge < -0.3 is 19.7 Å². The fourth-order valence-corrected chi connectivity index (χ4v) is 5.09. The quantitative estimate of drug-likeness (QED) is 0.407. The number of hydrogen-bond acceptors (Lipinski definition) is 6. The molecule has 210 valence electrons. The van der Waals surface area contributed by atoms with E-state index in [-0.39, 0.29) is 37.7 Å². The van der Waals surface area contributed by atoms with E-state index in [4.69, 9.17) is 9.47 Å². The first-order chi connectivity index (χ1) is 17.8. The minimum Gasteiger partial charge on any atom is -0.497 e. The van der Waals surface area contributed by atoms with Gasteiger partial charge >= 0.3 is 0 Å². The second kappa shape index (κ2) is 13.5. The predicted molar refractivity (Wildman–Crippen MR) is 150 cm³/mol. The minimum absolute atomic E-state index is 0.0661. The van der Waals surface area contributed by atoms with Gasteiger partial charge in [-0.05, 0) is 63.4 Å². The number of amides is 2. The Balaban J connectivity index is 2.27. The van der Waals surface area contributed by atoms with Crippen molar-refractivity contribution in [3.63, 3.8) is 0 Å². The molecule has 2 amide bonds. The Hall–Kier alpha value is -3.27. The summed E-state index contributed by atoms with van der Waals surface area (Å²) in [6, 6.07) is 13.5. The monoisotopic (exact) mass is 547 g/mol. The zero-order valence-electron chi connectivity index (χ0n) is 23.5. The molecule has 10 heteroatoms. The summed E-state index contributed by atoms with van der Waals surface area (Å²) in [6.07, 6.45) is 1.89. The number of carbonyl (C=O) groups is 2. The highest BCUT2D eigenvalue weighted by atomic mass is 32.2. The van der Waals surface area contributed by atoms with Crippen molar-refractivity contribution in [3.8, 4) is 11.5 Å². The molecule has 0 aliphatic carbocycles. The number of para-hydroxylation sites is 2. The van der Waals surface area contributed by atoms with E-state index < -0.39 is 21.6 Å². The lowest BCUT2D eigenvalue weighted by atomic mass is 10.0. The number of methoxy groups -OCH3 is 2. The summed E-state index contributed by atoms with van der Waals surface area (Å²) in [7, 11) is -0.564. The molecule has 0 fully saturated rings. The first-order valence-corrected chi connectivity index (χ1v) is 14.5. The van der Waals surface area contributed by atoms with Crippen LogP contribution in [0.1, 0.15) is 52.5 Å². The summed E-state index contributed by atoms with van der Waals surface area (Å²) in [5, 5.41) is 2.98. The fraction of sp³-hybridized carbons (Fsp3) is 0.500. The largest absolute Gasteiger partial charge is 0.497 e.